The molecule has 0 N–H and O–H groups in total. The van der Waals surface area contributed by atoms with Gasteiger partial charge in [-0.1, -0.05) is 37.4 Å². The highest BCUT2D eigenvalue weighted by Crippen LogP contribution is 2.34. The van der Waals surface area contributed by atoms with Crippen LogP contribution in [0.25, 0.3) is 16.9 Å². The molecular formula is C29H32ClN5O3. The number of methoxy groups -OCH3 is 1. The predicted octanol–water partition coefficient (Wildman–Crippen LogP) is 6.48. The van der Waals surface area contributed by atoms with E-state index in [-0.39, 0.29) is 6.03 Å². The molecule has 0 saturated carbocycles. The average molecular weight is 534 g/mol. The van der Waals surface area contributed by atoms with Crippen LogP contribution in [0.3, 0.4) is 0 Å². The Labute approximate surface area is 227 Å². The van der Waals surface area contributed by atoms with Crippen LogP contribution < -0.4 is 14.4 Å². The molecule has 0 unspecified atom stereocenters. The topological polar surface area (TPSA) is 72.7 Å². The number of ether oxygens (including phenoxy) is 2. The number of rotatable bonds is 10. The summed E-state index contributed by atoms with van der Waals surface area (Å²) in [6.07, 6.45) is 9.38. The lowest BCUT2D eigenvalue weighted by atomic mass is 10.1. The van der Waals surface area contributed by atoms with Crippen LogP contribution in [0.4, 0.5) is 10.5 Å². The molecule has 2 amide bonds. The van der Waals surface area contributed by atoms with Crippen LogP contribution in [-0.2, 0) is 6.54 Å². The zero-order valence-electron chi connectivity index (χ0n) is 21.8. The molecule has 4 heterocycles. The highest BCUT2D eigenvalue weighted by molar-refractivity contribution is 6.35. The standard InChI is InChI=1S/C29H32ClN5O3/c1-3-4-7-17-38-25-18-22(10-11-24(25)37-2)34-16-8-15-33(29(34)36)19-21-12-14-32-28-27(21)23(30)20-35(28)26-9-5-6-13-31-26/h5-6,9-14,18,20H,3-4,7-8,15-17,19H2,1-2H3. The van der Waals surface area contributed by atoms with Gasteiger partial charge in [0.05, 0.1) is 18.7 Å². The minimum absolute atomic E-state index is 0.0522. The molecule has 1 fully saturated rings. The van der Waals surface area contributed by atoms with Gasteiger partial charge in [-0.15, -0.1) is 0 Å². The van der Waals surface area contributed by atoms with E-state index in [4.69, 9.17) is 21.1 Å². The van der Waals surface area contributed by atoms with Gasteiger partial charge in [-0.25, -0.2) is 14.8 Å². The van der Waals surface area contributed by atoms with E-state index in [1.807, 2.05) is 58.1 Å². The van der Waals surface area contributed by atoms with E-state index >= 15 is 0 Å². The van der Waals surface area contributed by atoms with Crippen LogP contribution in [0.1, 0.15) is 38.2 Å². The van der Waals surface area contributed by atoms with Gasteiger partial charge in [0.15, 0.2) is 11.5 Å². The minimum Gasteiger partial charge on any atom is -0.493 e. The Hall–Kier alpha value is -3.78. The Morgan fingerprint density at radius 2 is 1.92 bits per heavy atom. The third-order valence-corrected chi connectivity index (χ3v) is 7.05. The number of urea groups is 1. The van der Waals surface area contributed by atoms with Crippen LogP contribution in [0.5, 0.6) is 11.5 Å². The number of hydrogen-bond donors (Lipinski definition) is 0. The van der Waals surface area contributed by atoms with E-state index in [0.29, 0.717) is 48.4 Å². The third kappa shape index (κ3) is 5.27. The molecule has 198 valence electrons. The fraction of sp³-hybridized carbons (Fsp3) is 0.345. The molecule has 0 bridgehead atoms. The van der Waals surface area contributed by atoms with E-state index in [1.54, 1.807) is 24.4 Å². The molecule has 5 rings (SSSR count). The first-order valence-electron chi connectivity index (χ1n) is 13.0. The van der Waals surface area contributed by atoms with Gasteiger partial charge < -0.3 is 14.4 Å². The van der Waals surface area contributed by atoms with Crippen molar-refractivity contribution in [3.8, 4) is 17.3 Å². The summed E-state index contributed by atoms with van der Waals surface area (Å²) in [5.41, 5.74) is 2.46. The lowest BCUT2D eigenvalue weighted by Crippen LogP contribution is -2.49. The van der Waals surface area contributed by atoms with Crippen LogP contribution >= 0.6 is 11.6 Å². The van der Waals surface area contributed by atoms with Crippen molar-refractivity contribution >= 4 is 34.4 Å². The minimum atomic E-state index is -0.0522. The van der Waals surface area contributed by atoms with E-state index in [0.717, 1.165) is 48.1 Å². The van der Waals surface area contributed by atoms with Gasteiger partial charge in [-0.3, -0.25) is 9.47 Å². The van der Waals surface area contributed by atoms with Crippen molar-refractivity contribution < 1.29 is 14.3 Å². The fourth-order valence-electron chi connectivity index (χ4n) is 4.83. The normalized spacial score (nSPS) is 13.8. The average Bonchev–Trinajstić information content (AvgIpc) is 3.30. The van der Waals surface area contributed by atoms with Gasteiger partial charge in [0.2, 0.25) is 0 Å². The monoisotopic (exact) mass is 533 g/mol. The maximum atomic E-state index is 13.7. The summed E-state index contributed by atoms with van der Waals surface area (Å²) in [6.45, 7) is 4.51. The first-order valence-corrected chi connectivity index (χ1v) is 13.4. The smallest absolute Gasteiger partial charge is 0.324 e. The molecule has 0 spiro atoms. The van der Waals surface area contributed by atoms with Crippen LogP contribution in [-0.4, -0.2) is 52.3 Å². The van der Waals surface area contributed by atoms with Crippen molar-refractivity contribution in [2.24, 2.45) is 0 Å². The Morgan fingerprint density at radius 3 is 2.71 bits per heavy atom. The summed E-state index contributed by atoms with van der Waals surface area (Å²) < 4.78 is 13.4. The highest BCUT2D eigenvalue weighted by atomic mass is 35.5. The number of carbonyl (C=O) groups excluding carboxylic acids is 1. The van der Waals surface area contributed by atoms with Crippen molar-refractivity contribution in [1.82, 2.24) is 19.4 Å². The summed E-state index contributed by atoms with van der Waals surface area (Å²) in [6, 6.07) is 13.3. The largest absolute Gasteiger partial charge is 0.493 e. The maximum Gasteiger partial charge on any atom is 0.324 e. The SMILES string of the molecule is CCCCCOc1cc(N2CCCN(Cc3ccnc4c3c(Cl)cn4-c3ccccn3)C2=O)ccc1OC. The lowest BCUT2D eigenvalue weighted by Gasteiger charge is -2.36. The summed E-state index contributed by atoms with van der Waals surface area (Å²) in [5, 5.41) is 1.41. The van der Waals surface area contributed by atoms with Crippen LogP contribution in [0, 0.1) is 0 Å². The molecule has 4 aromatic rings. The van der Waals surface area contributed by atoms with Crippen molar-refractivity contribution in [2.75, 3.05) is 31.7 Å². The second-order valence-corrected chi connectivity index (χ2v) is 9.71. The summed E-state index contributed by atoms with van der Waals surface area (Å²) in [7, 11) is 1.63. The Balaban J connectivity index is 1.38. The molecule has 8 nitrogen and oxygen atoms in total. The second kappa shape index (κ2) is 11.7. The maximum absolute atomic E-state index is 13.7. The van der Waals surface area contributed by atoms with E-state index in [9.17, 15) is 4.79 Å². The molecular weight excluding hydrogens is 502 g/mol. The number of nitrogens with zero attached hydrogens (tertiary/aromatic N) is 5. The molecule has 38 heavy (non-hydrogen) atoms. The van der Waals surface area contributed by atoms with Gasteiger partial charge in [-0.05, 0) is 48.7 Å². The van der Waals surface area contributed by atoms with Crippen LogP contribution in [0.15, 0.2) is 61.1 Å². The van der Waals surface area contributed by atoms with Crippen molar-refractivity contribution in [3.05, 3.63) is 71.6 Å². The molecule has 0 atom stereocenters. The first kappa shape index (κ1) is 25.9. The summed E-state index contributed by atoms with van der Waals surface area (Å²) >= 11 is 6.69. The molecule has 3 aromatic heterocycles. The molecule has 0 radical (unpaired) electrons. The number of halogens is 1. The molecule has 1 aromatic carbocycles. The zero-order valence-corrected chi connectivity index (χ0v) is 22.5. The van der Waals surface area contributed by atoms with Gasteiger partial charge in [0, 0.05) is 55.4 Å². The summed E-state index contributed by atoms with van der Waals surface area (Å²) in [4.78, 5) is 26.3. The Kier molecular flexibility index (Phi) is 7.98. The number of benzene rings is 1. The lowest BCUT2D eigenvalue weighted by molar-refractivity contribution is 0.192. The summed E-state index contributed by atoms with van der Waals surface area (Å²) in [5.74, 6) is 2.06. The fourth-order valence-corrected chi connectivity index (χ4v) is 5.13. The third-order valence-electron chi connectivity index (χ3n) is 6.76. The number of pyridine rings is 2. The van der Waals surface area contributed by atoms with Crippen molar-refractivity contribution in [2.45, 2.75) is 39.2 Å². The molecule has 0 aliphatic carbocycles. The Morgan fingerprint density at radius 1 is 1.03 bits per heavy atom. The zero-order chi connectivity index (χ0) is 26.5. The number of carbonyl (C=O) groups is 1. The predicted molar refractivity (Wildman–Crippen MR) is 150 cm³/mol. The van der Waals surface area contributed by atoms with E-state index in [1.165, 1.54) is 0 Å². The van der Waals surface area contributed by atoms with E-state index in [2.05, 4.69) is 16.9 Å². The number of aromatic nitrogens is 3. The van der Waals surface area contributed by atoms with Gasteiger partial charge in [-0.2, -0.15) is 0 Å². The number of fused-ring (bicyclic) bond motifs is 1. The number of amides is 2. The molecule has 1 aliphatic rings. The number of unbranched alkanes of at least 4 members (excludes halogenated alkanes) is 2. The van der Waals surface area contributed by atoms with Gasteiger partial charge in [0.1, 0.15) is 11.5 Å². The number of anilines is 1. The van der Waals surface area contributed by atoms with Crippen molar-refractivity contribution in [3.63, 3.8) is 0 Å². The molecule has 9 heteroatoms. The quantitative estimate of drug-likeness (QED) is 0.218. The molecule has 1 aliphatic heterocycles. The van der Waals surface area contributed by atoms with Crippen LogP contribution in [0.2, 0.25) is 5.02 Å². The van der Waals surface area contributed by atoms with E-state index < -0.39 is 0 Å². The first-order chi connectivity index (χ1) is 18.6. The molecule has 1 saturated heterocycles. The van der Waals surface area contributed by atoms with Gasteiger partial charge in [0.25, 0.3) is 0 Å². The van der Waals surface area contributed by atoms with Gasteiger partial charge >= 0.3 is 6.03 Å². The van der Waals surface area contributed by atoms with Crippen molar-refractivity contribution in [1.29, 1.82) is 0 Å². The highest BCUT2D eigenvalue weighted by Gasteiger charge is 2.28. The Bertz CT molecular complexity index is 1410. The second-order valence-electron chi connectivity index (χ2n) is 9.30. The number of hydrogen-bond acceptors (Lipinski definition) is 5.